The van der Waals surface area contributed by atoms with Crippen LogP contribution in [0.15, 0.2) is 18.2 Å². The zero-order valence-corrected chi connectivity index (χ0v) is 13.7. The fourth-order valence-corrected chi connectivity index (χ4v) is 3.50. The molecule has 5 nitrogen and oxygen atoms in total. The number of methoxy groups -OCH3 is 1. The molecule has 2 fully saturated rings. The van der Waals surface area contributed by atoms with Gasteiger partial charge in [0, 0.05) is 13.1 Å². The van der Waals surface area contributed by atoms with Gasteiger partial charge < -0.3 is 14.7 Å². The number of hydrogen-bond acceptors (Lipinski definition) is 3. The van der Waals surface area contributed by atoms with E-state index >= 15 is 0 Å². The summed E-state index contributed by atoms with van der Waals surface area (Å²) >= 11 is 0. The Kier molecular flexibility index (Phi) is 4.04. The summed E-state index contributed by atoms with van der Waals surface area (Å²) in [5.41, 5.74) is 1.66. The maximum Gasteiger partial charge on any atom is 0.306 e. The summed E-state index contributed by atoms with van der Waals surface area (Å²) in [7, 11) is 1.64. The molecular formula is C18H23NO4. The van der Waals surface area contributed by atoms with E-state index in [9.17, 15) is 9.59 Å². The van der Waals surface area contributed by atoms with Crippen LogP contribution in [0.1, 0.15) is 36.8 Å². The molecule has 1 heterocycles. The van der Waals surface area contributed by atoms with Gasteiger partial charge in [-0.15, -0.1) is 0 Å². The van der Waals surface area contributed by atoms with Crippen molar-refractivity contribution >= 4 is 11.9 Å². The summed E-state index contributed by atoms with van der Waals surface area (Å²) in [4.78, 5) is 25.9. The van der Waals surface area contributed by atoms with Crippen LogP contribution in [0.25, 0.3) is 0 Å². The number of nitrogens with zero attached hydrogens (tertiary/aromatic N) is 1. The van der Waals surface area contributed by atoms with E-state index in [2.05, 4.69) is 0 Å². The van der Waals surface area contributed by atoms with E-state index in [-0.39, 0.29) is 11.8 Å². The number of benzene rings is 1. The molecule has 1 aliphatic carbocycles. The fraction of sp³-hybridized carbons (Fsp3) is 0.556. The summed E-state index contributed by atoms with van der Waals surface area (Å²) < 4.78 is 5.38. The molecule has 23 heavy (non-hydrogen) atoms. The lowest BCUT2D eigenvalue weighted by Gasteiger charge is -2.33. The molecular weight excluding hydrogens is 294 g/mol. The molecule has 5 heteroatoms. The van der Waals surface area contributed by atoms with Crippen molar-refractivity contribution in [1.29, 1.82) is 0 Å². The summed E-state index contributed by atoms with van der Waals surface area (Å²) in [5, 5.41) is 9.08. The quantitative estimate of drug-likeness (QED) is 0.926. The minimum absolute atomic E-state index is 0.146. The lowest BCUT2D eigenvalue weighted by molar-refractivity contribution is -0.146. The molecule has 1 N–H and O–H groups in total. The highest BCUT2D eigenvalue weighted by molar-refractivity contribution is 5.91. The Labute approximate surface area is 136 Å². The number of piperidine rings is 1. The molecule has 0 radical (unpaired) electrons. The molecule has 124 valence electrons. The zero-order valence-electron chi connectivity index (χ0n) is 13.7. The fourth-order valence-electron chi connectivity index (χ4n) is 3.50. The summed E-state index contributed by atoms with van der Waals surface area (Å²) in [6, 6.07) is 6.00. The molecule has 1 aromatic carbocycles. The topological polar surface area (TPSA) is 66.8 Å². The van der Waals surface area contributed by atoms with Crippen LogP contribution >= 0.6 is 0 Å². The van der Waals surface area contributed by atoms with Gasteiger partial charge >= 0.3 is 5.97 Å². The van der Waals surface area contributed by atoms with Crippen molar-refractivity contribution in [2.75, 3.05) is 20.2 Å². The van der Waals surface area contributed by atoms with Gasteiger partial charge in [-0.2, -0.15) is 0 Å². The molecule has 0 aromatic heterocycles. The highest BCUT2D eigenvalue weighted by Gasteiger charge is 2.53. The predicted molar refractivity (Wildman–Crippen MR) is 85.6 cm³/mol. The third kappa shape index (κ3) is 2.80. The Hall–Kier alpha value is -2.04. The van der Waals surface area contributed by atoms with Crippen LogP contribution in [-0.2, 0) is 15.0 Å². The molecule has 3 rings (SSSR count). The number of carbonyl (C=O) groups excluding carboxylic acids is 1. The van der Waals surface area contributed by atoms with Crippen molar-refractivity contribution in [1.82, 2.24) is 4.90 Å². The van der Waals surface area contributed by atoms with Crippen molar-refractivity contribution < 1.29 is 19.4 Å². The number of ether oxygens (including phenoxy) is 1. The number of carbonyl (C=O) groups is 2. The van der Waals surface area contributed by atoms with E-state index in [0.29, 0.717) is 25.9 Å². The molecule has 0 atom stereocenters. The second kappa shape index (κ2) is 5.87. The Morgan fingerprint density at radius 2 is 1.91 bits per heavy atom. The Morgan fingerprint density at radius 3 is 2.43 bits per heavy atom. The van der Waals surface area contributed by atoms with Gasteiger partial charge in [0.15, 0.2) is 0 Å². The number of carboxylic acids is 1. The molecule has 0 spiro atoms. The first-order valence-electron chi connectivity index (χ1n) is 8.15. The molecule has 1 amide bonds. The molecule has 1 saturated carbocycles. The van der Waals surface area contributed by atoms with Gasteiger partial charge in [-0.25, -0.2) is 0 Å². The van der Waals surface area contributed by atoms with E-state index < -0.39 is 11.4 Å². The minimum atomic E-state index is -0.749. The molecule has 1 aliphatic heterocycles. The zero-order chi connectivity index (χ0) is 16.6. The number of carboxylic acid groups (broad SMARTS) is 1. The van der Waals surface area contributed by atoms with Crippen molar-refractivity contribution in [2.24, 2.45) is 5.92 Å². The third-order valence-electron chi connectivity index (χ3n) is 5.25. The van der Waals surface area contributed by atoms with Crippen LogP contribution in [-0.4, -0.2) is 42.1 Å². The van der Waals surface area contributed by atoms with E-state index in [4.69, 9.17) is 9.84 Å². The predicted octanol–water partition coefficient (Wildman–Crippen LogP) is 2.36. The standard InChI is InChI=1S/C18H23NO4/c1-12-3-4-14(11-15(12)23-2)18(7-8-18)17(22)19-9-5-13(6-10-19)16(20)21/h3-4,11,13H,5-10H2,1-2H3,(H,20,21). The Bertz CT molecular complexity index is 628. The largest absolute Gasteiger partial charge is 0.496 e. The normalized spacial score (nSPS) is 20.2. The van der Waals surface area contributed by atoms with E-state index in [0.717, 1.165) is 29.7 Å². The highest BCUT2D eigenvalue weighted by atomic mass is 16.5. The monoisotopic (exact) mass is 317 g/mol. The Morgan fingerprint density at radius 1 is 1.26 bits per heavy atom. The highest BCUT2D eigenvalue weighted by Crippen LogP contribution is 2.50. The first-order chi connectivity index (χ1) is 11.0. The summed E-state index contributed by atoms with van der Waals surface area (Å²) in [5.74, 6) is -0.103. The molecule has 0 unspecified atom stereocenters. The van der Waals surface area contributed by atoms with Crippen LogP contribution in [0.5, 0.6) is 5.75 Å². The van der Waals surface area contributed by atoms with Gasteiger partial charge in [0.1, 0.15) is 5.75 Å². The average molecular weight is 317 g/mol. The molecule has 1 aromatic rings. The van der Waals surface area contributed by atoms with Gasteiger partial charge in [-0.3, -0.25) is 9.59 Å². The van der Waals surface area contributed by atoms with E-state index in [1.54, 1.807) is 7.11 Å². The lowest BCUT2D eigenvalue weighted by Crippen LogP contribution is -2.45. The summed E-state index contributed by atoms with van der Waals surface area (Å²) in [6.45, 7) is 3.07. The van der Waals surface area contributed by atoms with Crippen LogP contribution < -0.4 is 4.74 Å². The number of aliphatic carboxylic acids is 1. The number of likely N-dealkylation sites (tertiary alicyclic amines) is 1. The first kappa shape index (κ1) is 15.8. The number of hydrogen-bond donors (Lipinski definition) is 1. The SMILES string of the molecule is COc1cc(C2(C(=O)N3CCC(C(=O)O)CC3)CC2)ccc1C. The van der Waals surface area contributed by atoms with Crippen molar-refractivity contribution in [3.8, 4) is 5.75 Å². The van der Waals surface area contributed by atoms with Gasteiger partial charge in [-0.1, -0.05) is 12.1 Å². The van der Waals surface area contributed by atoms with Gasteiger partial charge in [0.25, 0.3) is 0 Å². The van der Waals surface area contributed by atoms with Gasteiger partial charge in [0.2, 0.25) is 5.91 Å². The van der Waals surface area contributed by atoms with Crippen LogP contribution in [0.4, 0.5) is 0 Å². The second-order valence-corrected chi connectivity index (χ2v) is 6.67. The summed E-state index contributed by atoms with van der Waals surface area (Å²) in [6.07, 6.45) is 2.82. The number of amides is 1. The van der Waals surface area contributed by atoms with Crippen molar-refractivity contribution in [3.05, 3.63) is 29.3 Å². The number of rotatable bonds is 4. The van der Waals surface area contributed by atoms with Crippen LogP contribution in [0.3, 0.4) is 0 Å². The lowest BCUT2D eigenvalue weighted by atomic mass is 9.90. The van der Waals surface area contributed by atoms with Crippen molar-refractivity contribution in [2.45, 2.75) is 38.0 Å². The second-order valence-electron chi connectivity index (χ2n) is 6.67. The van der Waals surface area contributed by atoms with E-state index in [1.807, 2.05) is 30.0 Å². The maximum atomic E-state index is 13.0. The average Bonchev–Trinajstić information content (AvgIpc) is 3.36. The molecule has 2 aliphatic rings. The van der Waals surface area contributed by atoms with E-state index in [1.165, 1.54) is 0 Å². The smallest absolute Gasteiger partial charge is 0.306 e. The molecule has 1 saturated heterocycles. The minimum Gasteiger partial charge on any atom is -0.496 e. The molecule has 0 bridgehead atoms. The number of aryl methyl sites for hydroxylation is 1. The maximum absolute atomic E-state index is 13.0. The van der Waals surface area contributed by atoms with Crippen molar-refractivity contribution in [3.63, 3.8) is 0 Å². The first-order valence-corrected chi connectivity index (χ1v) is 8.15. The van der Waals surface area contributed by atoms with Gasteiger partial charge in [0.05, 0.1) is 18.4 Å². The Balaban J connectivity index is 1.76. The third-order valence-corrected chi connectivity index (χ3v) is 5.25. The van der Waals surface area contributed by atoms with Crippen LogP contribution in [0.2, 0.25) is 0 Å². The van der Waals surface area contributed by atoms with Gasteiger partial charge in [-0.05, 0) is 49.8 Å². The van der Waals surface area contributed by atoms with Crippen LogP contribution in [0, 0.1) is 12.8 Å².